The highest BCUT2D eigenvalue weighted by atomic mass is 16.2. The van der Waals surface area contributed by atoms with Crippen LogP contribution >= 0.6 is 0 Å². The number of benzene rings is 1. The highest BCUT2D eigenvalue weighted by Crippen LogP contribution is 2.19. The lowest BCUT2D eigenvalue weighted by atomic mass is 10.1. The molecule has 0 radical (unpaired) electrons. The summed E-state index contributed by atoms with van der Waals surface area (Å²) in [6.45, 7) is 1.44. The quantitative estimate of drug-likeness (QED) is 0.822. The molecule has 1 atom stereocenters. The van der Waals surface area contributed by atoms with Crippen LogP contribution in [0.5, 0.6) is 0 Å². The zero-order chi connectivity index (χ0) is 12.7. The molecule has 1 aromatic carbocycles. The van der Waals surface area contributed by atoms with E-state index in [1.54, 1.807) is 0 Å². The minimum Gasteiger partial charge on any atom is -0.351 e. The highest BCUT2D eigenvalue weighted by Gasteiger charge is 2.24. The third-order valence-electron chi connectivity index (χ3n) is 3.65. The molecule has 4 nitrogen and oxygen atoms in total. The third kappa shape index (κ3) is 1.78. The molecule has 1 aliphatic heterocycles. The first-order valence-electron chi connectivity index (χ1n) is 6.25. The Morgan fingerprint density at radius 1 is 1.39 bits per heavy atom. The molecule has 0 saturated carbocycles. The van der Waals surface area contributed by atoms with Gasteiger partial charge in [0.25, 0.3) is 5.91 Å². The maximum Gasteiger partial charge on any atom is 0.253 e. The lowest BCUT2D eigenvalue weighted by Crippen LogP contribution is -2.31. The Labute approximate surface area is 106 Å². The number of aryl methyl sites for hydroxylation is 1. The molecule has 3 rings (SSSR count). The summed E-state index contributed by atoms with van der Waals surface area (Å²) >= 11 is 0. The van der Waals surface area contributed by atoms with Crippen molar-refractivity contribution in [3.63, 3.8) is 0 Å². The van der Waals surface area contributed by atoms with Gasteiger partial charge < -0.3 is 15.2 Å². The van der Waals surface area contributed by atoms with Crippen molar-refractivity contribution in [3.8, 4) is 0 Å². The molecule has 2 heterocycles. The Hall–Kier alpha value is -1.81. The zero-order valence-corrected chi connectivity index (χ0v) is 10.5. The van der Waals surface area contributed by atoms with Crippen molar-refractivity contribution < 1.29 is 4.79 Å². The number of hydrogen-bond acceptors (Lipinski definition) is 2. The standard InChI is InChI=1S/C14H17N3O/c1-16-6-4-10-2-3-11(8-13(10)16)14(18)17-7-5-12(15)9-17/h2-4,6,8,12H,5,7,9,15H2,1H3. The minimum atomic E-state index is 0.0889. The van der Waals surface area contributed by atoms with Crippen LogP contribution in [0.2, 0.25) is 0 Å². The van der Waals surface area contributed by atoms with Gasteiger partial charge in [0, 0.05) is 43.5 Å². The Morgan fingerprint density at radius 2 is 2.22 bits per heavy atom. The normalized spacial score (nSPS) is 19.7. The largest absolute Gasteiger partial charge is 0.351 e. The van der Waals surface area contributed by atoms with Crippen LogP contribution < -0.4 is 5.73 Å². The number of nitrogens with zero attached hydrogens (tertiary/aromatic N) is 2. The van der Waals surface area contributed by atoms with Gasteiger partial charge in [-0.25, -0.2) is 0 Å². The van der Waals surface area contributed by atoms with Gasteiger partial charge in [0.15, 0.2) is 0 Å². The molecule has 1 aliphatic rings. The van der Waals surface area contributed by atoms with Crippen LogP contribution in [-0.4, -0.2) is 34.5 Å². The molecule has 1 amide bonds. The van der Waals surface area contributed by atoms with Crippen LogP contribution in [0.3, 0.4) is 0 Å². The molecule has 0 spiro atoms. The molecule has 94 valence electrons. The fourth-order valence-corrected chi connectivity index (χ4v) is 2.55. The lowest BCUT2D eigenvalue weighted by molar-refractivity contribution is 0.0791. The molecule has 1 aromatic heterocycles. The zero-order valence-electron chi connectivity index (χ0n) is 10.5. The van der Waals surface area contributed by atoms with E-state index in [-0.39, 0.29) is 11.9 Å². The summed E-state index contributed by atoms with van der Waals surface area (Å²) in [7, 11) is 1.99. The second-order valence-corrected chi connectivity index (χ2v) is 5.00. The number of aromatic nitrogens is 1. The van der Waals surface area contributed by atoms with Gasteiger partial charge in [-0.2, -0.15) is 0 Å². The van der Waals surface area contributed by atoms with Crippen LogP contribution in [0.4, 0.5) is 0 Å². The first-order chi connectivity index (χ1) is 8.65. The topological polar surface area (TPSA) is 51.3 Å². The van der Waals surface area contributed by atoms with Crippen molar-refractivity contribution in [2.45, 2.75) is 12.5 Å². The molecule has 1 fully saturated rings. The first-order valence-corrected chi connectivity index (χ1v) is 6.25. The predicted molar refractivity (Wildman–Crippen MR) is 71.4 cm³/mol. The molecule has 0 bridgehead atoms. The highest BCUT2D eigenvalue weighted by molar-refractivity contribution is 5.98. The molecule has 4 heteroatoms. The molecule has 2 aromatic rings. The van der Waals surface area contributed by atoms with Crippen LogP contribution in [0.25, 0.3) is 10.9 Å². The maximum absolute atomic E-state index is 12.3. The van der Waals surface area contributed by atoms with Crippen molar-refractivity contribution in [2.75, 3.05) is 13.1 Å². The molecule has 1 unspecified atom stereocenters. The van der Waals surface area contributed by atoms with Gasteiger partial charge >= 0.3 is 0 Å². The monoisotopic (exact) mass is 243 g/mol. The number of fused-ring (bicyclic) bond motifs is 1. The van der Waals surface area contributed by atoms with E-state index in [0.29, 0.717) is 6.54 Å². The second kappa shape index (κ2) is 4.14. The van der Waals surface area contributed by atoms with E-state index in [2.05, 4.69) is 6.07 Å². The maximum atomic E-state index is 12.3. The summed E-state index contributed by atoms with van der Waals surface area (Å²) in [5, 5.41) is 1.16. The van der Waals surface area contributed by atoms with E-state index in [4.69, 9.17) is 5.73 Å². The molecule has 18 heavy (non-hydrogen) atoms. The summed E-state index contributed by atoms with van der Waals surface area (Å²) in [5.74, 6) is 0.0889. The summed E-state index contributed by atoms with van der Waals surface area (Å²) in [6.07, 6.45) is 2.91. The SMILES string of the molecule is Cn1ccc2ccc(C(=O)N3CCC(N)C3)cc21. The minimum absolute atomic E-state index is 0.0889. The van der Waals surface area contributed by atoms with E-state index in [0.717, 1.165) is 29.4 Å². The van der Waals surface area contributed by atoms with Gasteiger partial charge in [0.05, 0.1) is 0 Å². The van der Waals surface area contributed by atoms with E-state index in [9.17, 15) is 4.79 Å². The average molecular weight is 243 g/mol. The second-order valence-electron chi connectivity index (χ2n) is 5.00. The Kier molecular flexibility index (Phi) is 2.59. The molecule has 1 saturated heterocycles. The molecule has 0 aliphatic carbocycles. The van der Waals surface area contributed by atoms with Crippen molar-refractivity contribution in [3.05, 3.63) is 36.0 Å². The van der Waals surface area contributed by atoms with Crippen LogP contribution in [0.15, 0.2) is 30.5 Å². The Bertz CT molecular complexity index is 602. The number of amides is 1. The summed E-state index contributed by atoms with van der Waals surface area (Å²) in [6, 6.07) is 8.04. The number of carbonyl (C=O) groups excluding carboxylic acids is 1. The van der Waals surface area contributed by atoms with Gasteiger partial charge in [-0.05, 0) is 30.0 Å². The van der Waals surface area contributed by atoms with Crippen molar-refractivity contribution >= 4 is 16.8 Å². The number of likely N-dealkylation sites (tertiary alicyclic amines) is 1. The number of rotatable bonds is 1. The fraction of sp³-hybridized carbons (Fsp3) is 0.357. The van der Waals surface area contributed by atoms with E-state index in [1.807, 2.05) is 40.9 Å². The molecule has 2 N–H and O–H groups in total. The summed E-state index contributed by atoms with van der Waals surface area (Å²) in [4.78, 5) is 14.2. The Balaban J connectivity index is 1.94. The van der Waals surface area contributed by atoms with Gasteiger partial charge in [0.2, 0.25) is 0 Å². The lowest BCUT2D eigenvalue weighted by Gasteiger charge is -2.15. The summed E-state index contributed by atoms with van der Waals surface area (Å²) in [5.41, 5.74) is 7.68. The van der Waals surface area contributed by atoms with Crippen molar-refractivity contribution in [1.29, 1.82) is 0 Å². The number of nitrogens with two attached hydrogens (primary N) is 1. The van der Waals surface area contributed by atoms with Crippen LogP contribution in [0, 0.1) is 0 Å². The van der Waals surface area contributed by atoms with E-state index >= 15 is 0 Å². The fourth-order valence-electron chi connectivity index (χ4n) is 2.55. The summed E-state index contributed by atoms with van der Waals surface area (Å²) < 4.78 is 2.03. The number of carbonyl (C=O) groups is 1. The van der Waals surface area contributed by atoms with Crippen LogP contribution in [0.1, 0.15) is 16.8 Å². The van der Waals surface area contributed by atoms with E-state index in [1.165, 1.54) is 0 Å². The molecular weight excluding hydrogens is 226 g/mol. The van der Waals surface area contributed by atoms with Crippen molar-refractivity contribution in [2.24, 2.45) is 12.8 Å². The first kappa shape index (κ1) is 11.3. The number of hydrogen-bond donors (Lipinski definition) is 1. The van der Waals surface area contributed by atoms with Gasteiger partial charge in [-0.15, -0.1) is 0 Å². The van der Waals surface area contributed by atoms with Crippen molar-refractivity contribution in [1.82, 2.24) is 9.47 Å². The third-order valence-corrected chi connectivity index (χ3v) is 3.65. The Morgan fingerprint density at radius 3 is 2.94 bits per heavy atom. The average Bonchev–Trinajstić information content (AvgIpc) is 2.95. The predicted octanol–water partition coefficient (Wildman–Crippen LogP) is 1.35. The van der Waals surface area contributed by atoms with Gasteiger partial charge in [-0.1, -0.05) is 6.07 Å². The van der Waals surface area contributed by atoms with Gasteiger partial charge in [-0.3, -0.25) is 4.79 Å². The molecular formula is C14H17N3O. The van der Waals surface area contributed by atoms with E-state index < -0.39 is 0 Å². The smallest absolute Gasteiger partial charge is 0.253 e. The van der Waals surface area contributed by atoms with Crippen LogP contribution in [-0.2, 0) is 7.05 Å². The van der Waals surface area contributed by atoms with Gasteiger partial charge in [0.1, 0.15) is 0 Å².